The van der Waals surface area contributed by atoms with Gasteiger partial charge in [-0.25, -0.2) is 4.98 Å². The highest BCUT2D eigenvalue weighted by Crippen LogP contribution is 2.34. The Morgan fingerprint density at radius 2 is 1.80 bits per heavy atom. The van der Waals surface area contributed by atoms with Crippen LogP contribution in [0.15, 0.2) is 59.4 Å². The van der Waals surface area contributed by atoms with Crippen molar-refractivity contribution in [1.82, 2.24) is 9.97 Å². The Kier molecular flexibility index (Phi) is 5.35. The third kappa shape index (κ3) is 4.24. The Morgan fingerprint density at radius 1 is 1.07 bits per heavy atom. The summed E-state index contributed by atoms with van der Waals surface area (Å²) in [6.07, 6.45) is 0.530. The van der Waals surface area contributed by atoms with Crippen LogP contribution < -0.4 is 10.9 Å². The molecule has 3 N–H and O–H groups in total. The number of anilines is 1. The molecule has 0 fully saturated rings. The van der Waals surface area contributed by atoms with E-state index in [0.717, 1.165) is 37.7 Å². The number of rotatable bonds is 5. The number of thiazole rings is 1. The normalized spacial score (nSPS) is 11.7. The molecule has 0 aliphatic heterocycles. The number of fused-ring (bicyclic) bond motifs is 1. The Hall–Kier alpha value is -3.12. The molecule has 154 valence electrons. The average molecular weight is 420 g/mol. The number of pyridine rings is 1. The molecule has 5 nitrogen and oxygen atoms in total. The zero-order chi connectivity index (χ0) is 21.3. The zero-order valence-electron chi connectivity index (χ0n) is 17.3. The first-order valence-corrected chi connectivity index (χ1v) is 10.7. The second-order valence-corrected chi connectivity index (χ2v) is 9.49. The Morgan fingerprint density at radius 3 is 2.57 bits per heavy atom. The molecule has 0 atom stereocenters. The second-order valence-electron chi connectivity index (χ2n) is 8.41. The minimum atomic E-state index is -0.149. The van der Waals surface area contributed by atoms with Crippen molar-refractivity contribution in [2.45, 2.75) is 39.2 Å². The third-order valence-electron chi connectivity index (χ3n) is 5.01. The van der Waals surface area contributed by atoms with E-state index in [1.54, 1.807) is 23.5 Å². The molecule has 2 aromatic heterocycles. The van der Waals surface area contributed by atoms with E-state index in [9.17, 15) is 9.90 Å². The number of hydrogen-bond acceptors (Lipinski definition) is 5. The molecule has 0 spiro atoms. The van der Waals surface area contributed by atoms with Crippen LogP contribution in [-0.2, 0) is 18.4 Å². The van der Waals surface area contributed by atoms with Gasteiger partial charge in [0.25, 0.3) is 5.56 Å². The smallest absolute Gasteiger partial charge is 0.251 e. The minimum absolute atomic E-state index is 0.0642. The summed E-state index contributed by atoms with van der Waals surface area (Å²) in [7, 11) is 0. The van der Waals surface area contributed by atoms with Crippen molar-refractivity contribution in [3.8, 4) is 5.75 Å². The molecular formula is C24H25N3O2S. The summed E-state index contributed by atoms with van der Waals surface area (Å²) in [5.41, 5.74) is 3.17. The summed E-state index contributed by atoms with van der Waals surface area (Å²) in [5.74, 6) is 0.264. The topological polar surface area (TPSA) is 78.0 Å². The predicted octanol–water partition coefficient (Wildman–Crippen LogP) is 5.19. The number of benzene rings is 2. The van der Waals surface area contributed by atoms with Crippen LogP contribution in [0.25, 0.3) is 10.9 Å². The number of hydrogen-bond donors (Lipinski definition) is 3. The first-order chi connectivity index (χ1) is 14.3. The molecule has 0 bridgehead atoms. The zero-order valence-corrected chi connectivity index (χ0v) is 18.1. The lowest BCUT2D eigenvalue weighted by molar-refractivity contribution is 0.469. The molecule has 6 heteroatoms. The molecule has 0 aliphatic rings. The summed E-state index contributed by atoms with van der Waals surface area (Å²) in [6.45, 7) is 6.87. The largest absolute Gasteiger partial charge is 0.508 e. The van der Waals surface area contributed by atoms with Gasteiger partial charge in [-0.2, -0.15) is 0 Å². The van der Waals surface area contributed by atoms with Crippen LogP contribution in [0.3, 0.4) is 0 Å². The van der Waals surface area contributed by atoms with E-state index >= 15 is 0 Å². The second kappa shape index (κ2) is 7.95. The van der Waals surface area contributed by atoms with Gasteiger partial charge in [0.2, 0.25) is 0 Å². The number of aromatic nitrogens is 2. The van der Waals surface area contributed by atoms with E-state index in [1.807, 2.05) is 42.5 Å². The molecule has 2 heterocycles. The lowest BCUT2D eigenvalue weighted by atomic mass is 9.90. The van der Waals surface area contributed by atoms with E-state index in [0.29, 0.717) is 13.0 Å². The Bertz CT molecular complexity index is 1250. The maximum atomic E-state index is 12.6. The van der Waals surface area contributed by atoms with E-state index in [2.05, 4.69) is 31.1 Å². The summed E-state index contributed by atoms with van der Waals surface area (Å²) in [4.78, 5) is 21.5. The number of para-hydroxylation sites is 2. The molecule has 0 saturated carbocycles. The predicted molar refractivity (Wildman–Crippen MR) is 124 cm³/mol. The maximum Gasteiger partial charge on any atom is 0.251 e. The van der Waals surface area contributed by atoms with Crippen LogP contribution >= 0.6 is 11.3 Å². The van der Waals surface area contributed by atoms with Gasteiger partial charge >= 0.3 is 0 Å². The molecule has 0 unspecified atom stereocenters. The van der Waals surface area contributed by atoms with Crippen molar-refractivity contribution in [1.29, 1.82) is 0 Å². The molecule has 0 aliphatic carbocycles. The maximum absolute atomic E-state index is 12.6. The number of phenols is 1. The fourth-order valence-corrected chi connectivity index (χ4v) is 4.65. The molecule has 4 rings (SSSR count). The minimum Gasteiger partial charge on any atom is -0.508 e. The van der Waals surface area contributed by atoms with Crippen LogP contribution in [0.2, 0.25) is 0 Å². The number of nitrogens with one attached hydrogen (secondary N) is 2. The average Bonchev–Trinajstić information content (AvgIpc) is 3.11. The van der Waals surface area contributed by atoms with Gasteiger partial charge in [0.05, 0.1) is 5.69 Å². The van der Waals surface area contributed by atoms with E-state index in [1.165, 1.54) is 0 Å². The van der Waals surface area contributed by atoms with E-state index < -0.39 is 0 Å². The third-order valence-corrected chi connectivity index (χ3v) is 6.02. The Labute approximate surface area is 179 Å². The first kappa shape index (κ1) is 20.2. The SMILES string of the molecule is CC(C)(C)c1nc(NCc2ccccc2O)sc1Cc1cc2ccccc2[nH]c1=O. The lowest BCUT2D eigenvalue weighted by Crippen LogP contribution is -2.17. The van der Waals surface area contributed by atoms with Crippen LogP contribution in [0.5, 0.6) is 5.75 Å². The van der Waals surface area contributed by atoms with E-state index in [-0.39, 0.29) is 16.7 Å². The summed E-state index contributed by atoms with van der Waals surface area (Å²) < 4.78 is 0. The molecule has 2 aromatic carbocycles. The monoisotopic (exact) mass is 419 g/mol. The van der Waals surface area contributed by atoms with Crippen molar-refractivity contribution >= 4 is 27.4 Å². The van der Waals surface area contributed by atoms with Crippen molar-refractivity contribution in [3.05, 3.63) is 86.6 Å². The number of aromatic hydroxyl groups is 1. The van der Waals surface area contributed by atoms with Gasteiger partial charge in [-0.05, 0) is 23.6 Å². The quantitative estimate of drug-likeness (QED) is 0.416. The fourth-order valence-electron chi connectivity index (χ4n) is 3.46. The van der Waals surface area contributed by atoms with Crippen LogP contribution in [0.4, 0.5) is 5.13 Å². The molecule has 0 saturated heterocycles. The van der Waals surface area contributed by atoms with E-state index in [4.69, 9.17) is 4.98 Å². The molecule has 0 amide bonds. The fraction of sp³-hybridized carbons (Fsp3) is 0.250. The molecular weight excluding hydrogens is 394 g/mol. The van der Waals surface area contributed by atoms with Gasteiger partial charge in [-0.15, -0.1) is 11.3 Å². The molecule has 4 aromatic rings. The number of H-pyrrole nitrogens is 1. The van der Waals surface area contributed by atoms with Gasteiger partial charge in [0, 0.05) is 39.9 Å². The summed E-state index contributed by atoms with van der Waals surface area (Å²) >= 11 is 1.56. The lowest BCUT2D eigenvalue weighted by Gasteiger charge is -2.17. The van der Waals surface area contributed by atoms with Crippen molar-refractivity contribution in [2.75, 3.05) is 5.32 Å². The van der Waals surface area contributed by atoms with Crippen molar-refractivity contribution in [3.63, 3.8) is 0 Å². The van der Waals surface area contributed by atoms with Gasteiger partial charge < -0.3 is 15.4 Å². The van der Waals surface area contributed by atoms with Gasteiger partial charge in [0.1, 0.15) is 5.75 Å². The van der Waals surface area contributed by atoms with Gasteiger partial charge in [-0.3, -0.25) is 4.79 Å². The molecule has 0 radical (unpaired) electrons. The van der Waals surface area contributed by atoms with Gasteiger partial charge in [0.15, 0.2) is 5.13 Å². The number of nitrogens with zero attached hydrogens (tertiary/aromatic N) is 1. The van der Waals surface area contributed by atoms with Crippen molar-refractivity contribution in [2.24, 2.45) is 0 Å². The van der Waals surface area contributed by atoms with Crippen molar-refractivity contribution < 1.29 is 5.11 Å². The number of aromatic amines is 1. The highest BCUT2D eigenvalue weighted by Gasteiger charge is 2.24. The van der Waals surface area contributed by atoms with Crippen LogP contribution in [-0.4, -0.2) is 15.1 Å². The van der Waals surface area contributed by atoms with Gasteiger partial charge in [-0.1, -0.05) is 57.2 Å². The summed E-state index contributed by atoms with van der Waals surface area (Å²) in [5, 5.41) is 15.1. The highest BCUT2D eigenvalue weighted by atomic mass is 32.1. The van der Waals surface area contributed by atoms with Crippen LogP contribution in [0.1, 0.15) is 42.5 Å². The summed E-state index contributed by atoms with van der Waals surface area (Å²) in [6, 6.07) is 17.0. The van der Waals surface area contributed by atoms with Crippen LogP contribution in [0, 0.1) is 0 Å². The first-order valence-electron chi connectivity index (χ1n) is 9.93. The standard InChI is InChI=1S/C24H25N3O2S/c1-24(2,3)21-20(13-17-12-15-8-4-6-10-18(15)26-22(17)29)30-23(27-21)25-14-16-9-5-7-11-19(16)28/h4-12,28H,13-14H2,1-3H3,(H,25,27)(H,26,29). The molecule has 30 heavy (non-hydrogen) atoms. The Balaban J connectivity index is 1.65. The highest BCUT2D eigenvalue weighted by molar-refractivity contribution is 7.15. The number of phenolic OH excluding ortho intramolecular Hbond substituents is 1.